The molecule has 0 spiro atoms. The van der Waals surface area contributed by atoms with Gasteiger partial charge >= 0.3 is 0 Å². The first kappa shape index (κ1) is 17.7. The third-order valence-electron chi connectivity index (χ3n) is 2.96. The molecule has 1 aromatic rings. The number of unbranched alkanes of at least 4 members (excludes halogenated alkanes) is 1. The van der Waals surface area contributed by atoms with E-state index in [1.54, 1.807) is 25.1 Å². The molecule has 1 unspecified atom stereocenters. The van der Waals surface area contributed by atoms with Crippen LogP contribution in [-0.4, -0.2) is 23.1 Å². The molecular formula is C16H22BrNO3. The Balaban J connectivity index is 2.93. The summed E-state index contributed by atoms with van der Waals surface area (Å²) in [5.41, 5.74) is 1.17. The van der Waals surface area contributed by atoms with E-state index in [0.29, 0.717) is 30.0 Å². The highest BCUT2D eigenvalue weighted by Crippen LogP contribution is 2.27. The molecule has 5 heteroatoms. The van der Waals surface area contributed by atoms with Crippen molar-refractivity contribution < 1.29 is 14.3 Å². The van der Waals surface area contributed by atoms with Crippen molar-refractivity contribution in [2.75, 3.05) is 11.9 Å². The predicted octanol–water partition coefficient (Wildman–Crippen LogP) is 4.18. The van der Waals surface area contributed by atoms with E-state index in [1.807, 2.05) is 13.8 Å². The largest absolute Gasteiger partial charge is 0.492 e. The Kier molecular flexibility index (Phi) is 7.43. The second kappa shape index (κ2) is 8.82. The minimum Gasteiger partial charge on any atom is -0.492 e. The Labute approximate surface area is 134 Å². The fourth-order valence-electron chi connectivity index (χ4n) is 1.83. The van der Waals surface area contributed by atoms with Gasteiger partial charge in [0.1, 0.15) is 5.75 Å². The van der Waals surface area contributed by atoms with E-state index < -0.39 is 0 Å². The van der Waals surface area contributed by atoms with Gasteiger partial charge in [0, 0.05) is 12.0 Å². The summed E-state index contributed by atoms with van der Waals surface area (Å²) < 4.78 is 5.53. The maximum atomic E-state index is 12.0. The van der Waals surface area contributed by atoms with E-state index in [1.165, 1.54) is 0 Å². The number of anilines is 1. The number of hydrogen-bond acceptors (Lipinski definition) is 3. The maximum absolute atomic E-state index is 12.0. The Morgan fingerprint density at radius 3 is 2.62 bits per heavy atom. The smallest absolute Gasteiger partial charge is 0.224 e. The second-order valence-corrected chi connectivity index (χ2v) is 6.15. The highest BCUT2D eigenvalue weighted by Gasteiger charge is 2.15. The van der Waals surface area contributed by atoms with Crippen LogP contribution in [0.15, 0.2) is 18.2 Å². The lowest BCUT2D eigenvalue weighted by Gasteiger charge is -2.13. The van der Waals surface area contributed by atoms with Gasteiger partial charge in [0.15, 0.2) is 5.78 Å². The zero-order chi connectivity index (χ0) is 15.8. The number of ketones is 1. The van der Waals surface area contributed by atoms with Crippen molar-refractivity contribution in [3.63, 3.8) is 0 Å². The van der Waals surface area contributed by atoms with Crippen LogP contribution in [0, 0.1) is 0 Å². The number of hydrogen-bond donors (Lipinski definition) is 1. The predicted molar refractivity (Wildman–Crippen MR) is 88.5 cm³/mol. The van der Waals surface area contributed by atoms with E-state index in [4.69, 9.17) is 4.74 Å². The topological polar surface area (TPSA) is 55.4 Å². The van der Waals surface area contributed by atoms with Crippen LogP contribution in [0.4, 0.5) is 5.69 Å². The van der Waals surface area contributed by atoms with Crippen molar-refractivity contribution in [3.05, 3.63) is 23.8 Å². The van der Waals surface area contributed by atoms with E-state index in [9.17, 15) is 9.59 Å². The van der Waals surface area contributed by atoms with Gasteiger partial charge in [0.2, 0.25) is 5.91 Å². The number of Topliss-reactive ketones (excluding diaryl/α,β-unsaturated/α-hetero) is 1. The second-order valence-electron chi connectivity index (χ2n) is 4.78. The third-order valence-corrected chi connectivity index (χ3v) is 3.37. The molecule has 0 radical (unpaired) electrons. The number of halogens is 1. The number of nitrogens with one attached hydrogen (secondary N) is 1. The van der Waals surface area contributed by atoms with Crippen LogP contribution in [-0.2, 0) is 4.79 Å². The standard InChI is InChI=1S/C16H22BrNO3/c1-4-6-7-15(19)18-13-9-8-12(16(20)11(3)17)10-14(13)21-5-2/h8-11H,4-7H2,1-3H3,(H,18,19). The van der Waals surface area contributed by atoms with Gasteiger partial charge in [0.05, 0.1) is 17.1 Å². The summed E-state index contributed by atoms with van der Waals surface area (Å²) in [6.45, 7) is 6.16. The molecule has 0 heterocycles. The molecule has 1 rings (SSSR count). The Hall–Kier alpha value is -1.36. The minimum atomic E-state index is -0.253. The zero-order valence-electron chi connectivity index (χ0n) is 12.7. The van der Waals surface area contributed by atoms with Gasteiger partial charge in [-0.05, 0) is 38.5 Å². The molecule has 0 aliphatic heterocycles. The molecule has 0 aliphatic carbocycles. The first-order chi connectivity index (χ1) is 9.99. The normalized spacial score (nSPS) is 11.8. The molecule has 0 bridgehead atoms. The maximum Gasteiger partial charge on any atom is 0.224 e. The molecule has 116 valence electrons. The Bertz CT molecular complexity index is 500. The zero-order valence-corrected chi connectivity index (χ0v) is 14.3. The molecule has 1 atom stereocenters. The van der Waals surface area contributed by atoms with Crippen LogP contribution < -0.4 is 10.1 Å². The summed E-state index contributed by atoms with van der Waals surface area (Å²) in [5, 5.41) is 2.84. The molecular weight excluding hydrogens is 334 g/mol. The Morgan fingerprint density at radius 1 is 1.33 bits per heavy atom. The number of ether oxygens (including phenoxy) is 1. The van der Waals surface area contributed by atoms with Crippen LogP contribution >= 0.6 is 15.9 Å². The molecule has 0 aromatic heterocycles. The van der Waals surface area contributed by atoms with Gasteiger partial charge in [0.25, 0.3) is 0 Å². The Morgan fingerprint density at radius 2 is 2.05 bits per heavy atom. The number of alkyl halides is 1. The SMILES string of the molecule is CCCCC(=O)Nc1ccc(C(=O)C(C)Br)cc1OCC. The fraction of sp³-hybridized carbons (Fsp3) is 0.500. The molecule has 1 aromatic carbocycles. The number of carbonyl (C=O) groups is 2. The summed E-state index contributed by atoms with van der Waals surface area (Å²) >= 11 is 3.27. The highest BCUT2D eigenvalue weighted by molar-refractivity contribution is 9.10. The van der Waals surface area contributed by atoms with Crippen molar-refractivity contribution in [2.45, 2.75) is 44.9 Å². The highest BCUT2D eigenvalue weighted by atomic mass is 79.9. The van der Waals surface area contributed by atoms with Gasteiger partial charge in [-0.3, -0.25) is 9.59 Å². The summed E-state index contributed by atoms with van der Waals surface area (Å²) in [7, 11) is 0. The molecule has 0 saturated heterocycles. The van der Waals surface area contributed by atoms with Crippen LogP contribution in [0.2, 0.25) is 0 Å². The summed E-state index contributed by atoms with van der Waals surface area (Å²) in [6, 6.07) is 5.11. The van der Waals surface area contributed by atoms with Crippen molar-refractivity contribution in [1.82, 2.24) is 0 Å². The molecule has 0 saturated carbocycles. The quantitative estimate of drug-likeness (QED) is 0.562. The number of benzene rings is 1. The van der Waals surface area contributed by atoms with Gasteiger partial charge in [-0.1, -0.05) is 29.3 Å². The number of carbonyl (C=O) groups excluding carboxylic acids is 2. The van der Waals surface area contributed by atoms with E-state index in [-0.39, 0.29) is 16.5 Å². The first-order valence-corrected chi connectivity index (χ1v) is 8.16. The molecule has 0 aliphatic rings. The van der Waals surface area contributed by atoms with Crippen LogP contribution in [0.5, 0.6) is 5.75 Å². The average Bonchev–Trinajstić information content (AvgIpc) is 2.46. The molecule has 0 fully saturated rings. The number of amides is 1. The average molecular weight is 356 g/mol. The lowest BCUT2D eigenvalue weighted by Crippen LogP contribution is -2.14. The monoisotopic (exact) mass is 355 g/mol. The van der Waals surface area contributed by atoms with E-state index in [2.05, 4.69) is 21.2 Å². The van der Waals surface area contributed by atoms with E-state index in [0.717, 1.165) is 12.8 Å². The lowest BCUT2D eigenvalue weighted by atomic mass is 10.1. The fourth-order valence-corrected chi connectivity index (χ4v) is 2.10. The van der Waals surface area contributed by atoms with Crippen LogP contribution in [0.3, 0.4) is 0 Å². The van der Waals surface area contributed by atoms with Crippen LogP contribution in [0.25, 0.3) is 0 Å². The van der Waals surface area contributed by atoms with Crippen molar-refractivity contribution in [3.8, 4) is 5.75 Å². The third kappa shape index (κ3) is 5.50. The van der Waals surface area contributed by atoms with Gasteiger partial charge in [-0.25, -0.2) is 0 Å². The lowest BCUT2D eigenvalue weighted by molar-refractivity contribution is -0.116. The number of rotatable bonds is 8. The molecule has 21 heavy (non-hydrogen) atoms. The van der Waals surface area contributed by atoms with Gasteiger partial charge < -0.3 is 10.1 Å². The van der Waals surface area contributed by atoms with Crippen molar-refractivity contribution >= 4 is 33.3 Å². The summed E-state index contributed by atoms with van der Waals surface area (Å²) in [6.07, 6.45) is 2.32. The van der Waals surface area contributed by atoms with Crippen LogP contribution in [0.1, 0.15) is 50.4 Å². The van der Waals surface area contributed by atoms with Crippen molar-refractivity contribution in [2.24, 2.45) is 0 Å². The van der Waals surface area contributed by atoms with Gasteiger partial charge in [-0.15, -0.1) is 0 Å². The molecule has 1 amide bonds. The van der Waals surface area contributed by atoms with Gasteiger partial charge in [-0.2, -0.15) is 0 Å². The van der Waals surface area contributed by atoms with Crippen molar-refractivity contribution in [1.29, 1.82) is 0 Å². The first-order valence-electron chi connectivity index (χ1n) is 7.24. The van der Waals surface area contributed by atoms with E-state index >= 15 is 0 Å². The summed E-state index contributed by atoms with van der Waals surface area (Å²) in [4.78, 5) is 23.5. The molecule has 1 N–H and O–H groups in total. The summed E-state index contributed by atoms with van der Waals surface area (Å²) in [5.74, 6) is 0.479. The minimum absolute atomic E-state index is 0.0141. The molecule has 4 nitrogen and oxygen atoms in total.